The molecule has 0 aliphatic carbocycles. The van der Waals surface area contributed by atoms with E-state index in [9.17, 15) is 4.79 Å². The van der Waals surface area contributed by atoms with Crippen molar-refractivity contribution < 1.29 is 14.8 Å². The Morgan fingerprint density at radius 2 is 1.69 bits per heavy atom. The average Bonchev–Trinajstić information content (AvgIpc) is 2.62. The Bertz CT molecular complexity index is 710. The predicted octanol–water partition coefficient (Wildman–Crippen LogP) is 3.55. The Hall–Kier alpha value is -2.33. The molecule has 0 saturated carbocycles. The molecule has 0 bridgehead atoms. The van der Waals surface area contributed by atoms with E-state index in [1.54, 1.807) is 7.11 Å². The normalized spacial score (nSPS) is 13.3. The number of para-hydroxylation sites is 2. The van der Waals surface area contributed by atoms with E-state index in [1.807, 2.05) is 31.2 Å². The summed E-state index contributed by atoms with van der Waals surface area (Å²) >= 11 is 0. The molecular formula is C22H31N2O2+. The molecule has 0 saturated heterocycles. The van der Waals surface area contributed by atoms with Gasteiger partial charge in [-0.05, 0) is 43.9 Å². The number of benzene rings is 2. The lowest BCUT2D eigenvalue weighted by molar-refractivity contribution is -0.709. The molecule has 0 aliphatic rings. The molecule has 26 heavy (non-hydrogen) atoms. The van der Waals surface area contributed by atoms with Crippen LogP contribution in [-0.2, 0) is 11.2 Å². The van der Waals surface area contributed by atoms with Crippen molar-refractivity contribution in [3.63, 3.8) is 0 Å². The Labute approximate surface area is 157 Å². The van der Waals surface area contributed by atoms with Crippen molar-refractivity contribution in [2.24, 2.45) is 5.92 Å². The van der Waals surface area contributed by atoms with Crippen LogP contribution in [0, 0.1) is 5.92 Å². The van der Waals surface area contributed by atoms with Gasteiger partial charge in [-0.15, -0.1) is 0 Å². The van der Waals surface area contributed by atoms with Crippen molar-refractivity contribution in [3.05, 3.63) is 59.7 Å². The fraction of sp³-hybridized carbons (Fsp3) is 0.409. The first-order chi connectivity index (χ1) is 12.4. The number of ether oxygens (including phenoxy) is 1. The van der Waals surface area contributed by atoms with Gasteiger partial charge in [0, 0.05) is 5.56 Å². The number of carbonyl (C=O) groups excluding carboxylic acids is 1. The third-order valence-corrected chi connectivity index (χ3v) is 4.51. The zero-order valence-electron chi connectivity index (χ0n) is 16.5. The molecule has 2 atom stereocenters. The molecule has 1 amide bonds. The standard InChI is InChI=1S/C22H30N2O2/c1-15(2)14-18-10-12-19(13-11-18)16(3)23-17(4)22(25)24-20-8-6-7-9-21(20)26-5/h6-13,15-17,23H,14H2,1-5H3,(H,24,25)/p+1/t16-,17+/m1/s1. The molecule has 0 spiro atoms. The maximum atomic E-state index is 12.5. The molecule has 0 radical (unpaired) electrons. The topological polar surface area (TPSA) is 54.9 Å². The van der Waals surface area contributed by atoms with Gasteiger partial charge in [0.05, 0.1) is 12.8 Å². The van der Waals surface area contributed by atoms with E-state index < -0.39 is 0 Å². The quantitative estimate of drug-likeness (QED) is 0.761. The monoisotopic (exact) mass is 355 g/mol. The van der Waals surface area contributed by atoms with E-state index >= 15 is 0 Å². The highest BCUT2D eigenvalue weighted by Gasteiger charge is 2.21. The maximum absolute atomic E-state index is 12.5. The molecule has 0 heterocycles. The number of nitrogens with one attached hydrogen (secondary N) is 1. The van der Waals surface area contributed by atoms with Gasteiger partial charge in [0.2, 0.25) is 0 Å². The maximum Gasteiger partial charge on any atom is 0.282 e. The lowest BCUT2D eigenvalue weighted by Crippen LogP contribution is -2.91. The third kappa shape index (κ3) is 5.60. The van der Waals surface area contributed by atoms with Crippen LogP contribution in [0.15, 0.2) is 48.5 Å². The Balaban J connectivity index is 1.95. The first-order valence-corrected chi connectivity index (χ1v) is 9.28. The zero-order valence-corrected chi connectivity index (χ0v) is 16.5. The summed E-state index contributed by atoms with van der Waals surface area (Å²) < 4.78 is 5.29. The van der Waals surface area contributed by atoms with Crippen LogP contribution in [0.3, 0.4) is 0 Å². The summed E-state index contributed by atoms with van der Waals surface area (Å²) in [5.74, 6) is 1.29. The molecule has 140 valence electrons. The van der Waals surface area contributed by atoms with Crippen LogP contribution < -0.4 is 15.4 Å². The highest BCUT2D eigenvalue weighted by Crippen LogP contribution is 2.23. The summed E-state index contributed by atoms with van der Waals surface area (Å²) in [7, 11) is 1.60. The molecule has 0 aliphatic heterocycles. The largest absolute Gasteiger partial charge is 0.495 e. The minimum absolute atomic E-state index is 0.0298. The highest BCUT2D eigenvalue weighted by molar-refractivity contribution is 5.94. The molecule has 2 aromatic rings. The van der Waals surface area contributed by atoms with Crippen LogP contribution in [0.5, 0.6) is 5.75 Å². The van der Waals surface area contributed by atoms with Crippen LogP contribution in [0.4, 0.5) is 5.69 Å². The van der Waals surface area contributed by atoms with Gasteiger partial charge in [-0.25, -0.2) is 0 Å². The van der Waals surface area contributed by atoms with Gasteiger partial charge in [-0.1, -0.05) is 50.2 Å². The van der Waals surface area contributed by atoms with Gasteiger partial charge < -0.3 is 15.4 Å². The summed E-state index contributed by atoms with van der Waals surface area (Å²) in [6.45, 7) is 8.51. The van der Waals surface area contributed by atoms with E-state index in [1.165, 1.54) is 11.1 Å². The number of nitrogens with two attached hydrogens (primary N) is 1. The van der Waals surface area contributed by atoms with Gasteiger partial charge in [-0.3, -0.25) is 4.79 Å². The third-order valence-electron chi connectivity index (χ3n) is 4.51. The molecule has 0 unspecified atom stereocenters. The number of hydrogen-bond donors (Lipinski definition) is 2. The second-order valence-electron chi connectivity index (χ2n) is 7.30. The van der Waals surface area contributed by atoms with Crippen molar-refractivity contribution in [2.75, 3.05) is 12.4 Å². The van der Waals surface area contributed by atoms with E-state index in [0.29, 0.717) is 17.4 Å². The fourth-order valence-electron chi connectivity index (χ4n) is 3.05. The van der Waals surface area contributed by atoms with E-state index in [2.05, 4.69) is 55.7 Å². The molecule has 0 aromatic heterocycles. The number of hydrogen-bond acceptors (Lipinski definition) is 2. The van der Waals surface area contributed by atoms with E-state index in [4.69, 9.17) is 4.74 Å². The highest BCUT2D eigenvalue weighted by atomic mass is 16.5. The smallest absolute Gasteiger partial charge is 0.282 e. The Morgan fingerprint density at radius 1 is 1.04 bits per heavy atom. The predicted molar refractivity (Wildman–Crippen MR) is 106 cm³/mol. The van der Waals surface area contributed by atoms with Crippen LogP contribution in [0.1, 0.15) is 44.9 Å². The van der Waals surface area contributed by atoms with Gasteiger partial charge in [0.1, 0.15) is 11.8 Å². The SMILES string of the molecule is COc1ccccc1NC(=O)[C@H](C)[NH2+][C@H](C)c1ccc(CC(C)C)cc1. The van der Waals surface area contributed by atoms with Gasteiger partial charge in [0.25, 0.3) is 5.91 Å². The summed E-state index contributed by atoms with van der Waals surface area (Å²) in [6.07, 6.45) is 1.09. The molecule has 4 heteroatoms. The summed E-state index contributed by atoms with van der Waals surface area (Å²) in [4.78, 5) is 12.5. The lowest BCUT2D eigenvalue weighted by atomic mass is 9.99. The van der Waals surface area contributed by atoms with E-state index in [0.717, 1.165) is 6.42 Å². The van der Waals surface area contributed by atoms with Crippen molar-refractivity contribution in [3.8, 4) is 5.75 Å². The van der Waals surface area contributed by atoms with Gasteiger partial charge in [-0.2, -0.15) is 0 Å². The molecule has 2 rings (SSSR count). The van der Waals surface area contributed by atoms with E-state index in [-0.39, 0.29) is 18.0 Å². The number of amides is 1. The average molecular weight is 356 g/mol. The second kappa shape index (κ2) is 9.39. The van der Waals surface area contributed by atoms with Crippen molar-refractivity contribution in [2.45, 2.75) is 46.2 Å². The Kier molecular flexibility index (Phi) is 7.22. The molecule has 3 N–H and O–H groups in total. The summed E-state index contributed by atoms with van der Waals surface area (Å²) in [5.41, 5.74) is 3.29. The first kappa shape index (κ1) is 20.0. The number of carbonyl (C=O) groups is 1. The summed E-state index contributed by atoms with van der Waals surface area (Å²) in [6, 6.07) is 16.2. The fourth-order valence-corrected chi connectivity index (χ4v) is 3.05. The summed E-state index contributed by atoms with van der Waals surface area (Å²) in [5, 5.41) is 5.04. The van der Waals surface area contributed by atoms with Crippen molar-refractivity contribution >= 4 is 11.6 Å². The van der Waals surface area contributed by atoms with Crippen LogP contribution >= 0.6 is 0 Å². The molecule has 2 aromatic carbocycles. The minimum Gasteiger partial charge on any atom is -0.495 e. The number of rotatable bonds is 8. The molecule has 4 nitrogen and oxygen atoms in total. The number of quaternary nitrogens is 1. The van der Waals surface area contributed by atoms with Crippen LogP contribution in [0.2, 0.25) is 0 Å². The first-order valence-electron chi connectivity index (χ1n) is 9.28. The van der Waals surface area contributed by atoms with Crippen molar-refractivity contribution in [1.82, 2.24) is 0 Å². The molecule has 0 fully saturated rings. The van der Waals surface area contributed by atoms with Gasteiger partial charge >= 0.3 is 0 Å². The Morgan fingerprint density at radius 3 is 2.31 bits per heavy atom. The van der Waals surface area contributed by atoms with Gasteiger partial charge in [0.15, 0.2) is 6.04 Å². The van der Waals surface area contributed by atoms with Crippen molar-refractivity contribution in [1.29, 1.82) is 0 Å². The second-order valence-corrected chi connectivity index (χ2v) is 7.30. The number of methoxy groups -OCH3 is 1. The van der Waals surface area contributed by atoms with Crippen LogP contribution in [0.25, 0.3) is 0 Å². The number of anilines is 1. The lowest BCUT2D eigenvalue weighted by Gasteiger charge is -2.18. The molecular weight excluding hydrogens is 324 g/mol. The van der Waals surface area contributed by atoms with Crippen LogP contribution in [-0.4, -0.2) is 19.1 Å². The zero-order chi connectivity index (χ0) is 19.1. The minimum atomic E-state index is -0.203.